The van der Waals surface area contributed by atoms with E-state index >= 15 is 0 Å². The molecule has 4 fully saturated rings. The fourth-order valence-electron chi connectivity index (χ4n) is 4.40. The van der Waals surface area contributed by atoms with Gasteiger partial charge in [-0.05, 0) is 11.1 Å². The summed E-state index contributed by atoms with van der Waals surface area (Å²) < 4.78 is 10.8. The van der Waals surface area contributed by atoms with Crippen molar-refractivity contribution in [3.63, 3.8) is 0 Å². The number of urea groups is 2. The Balaban J connectivity index is 1.44. The lowest BCUT2D eigenvalue weighted by atomic mass is 10.1. The molecule has 6 rings (SSSR count). The van der Waals surface area contributed by atoms with Gasteiger partial charge in [-0.3, -0.25) is 9.80 Å². The minimum absolute atomic E-state index is 0.0302. The zero-order chi connectivity index (χ0) is 20.2. The molecule has 2 aromatic rings. The number of nitrogens with zero attached hydrogens (tertiary/aromatic N) is 4. The van der Waals surface area contributed by atoms with E-state index in [4.69, 9.17) is 9.47 Å². The Morgan fingerprint density at radius 2 is 1.03 bits per heavy atom. The monoisotopic (exact) mass is 406 g/mol. The van der Waals surface area contributed by atoms with Crippen molar-refractivity contribution in [3.8, 4) is 0 Å². The predicted molar refractivity (Wildman–Crippen MR) is 106 cm³/mol. The van der Waals surface area contributed by atoms with E-state index in [0.717, 1.165) is 11.1 Å². The highest BCUT2D eigenvalue weighted by atomic mass is 16.6. The van der Waals surface area contributed by atoms with Crippen LogP contribution in [0.1, 0.15) is 23.5 Å². The zero-order valence-corrected chi connectivity index (χ0v) is 16.3. The molecule has 0 aromatic heterocycles. The number of fused-ring (bicyclic) bond motifs is 1. The van der Waals surface area contributed by atoms with E-state index in [1.807, 2.05) is 60.7 Å². The van der Waals surface area contributed by atoms with E-state index < -0.39 is 12.3 Å². The van der Waals surface area contributed by atoms with Crippen molar-refractivity contribution >= 4 is 12.1 Å². The summed E-state index contributed by atoms with van der Waals surface area (Å²) in [4.78, 5) is 30.8. The molecule has 4 aliphatic heterocycles. The van der Waals surface area contributed by atoms with Gasteiger partial charge in [-0.1, -0.05) is 60.7 Å². The van der Waals surface area contributed by atoms with E-state index in [1.54, 1.807) is 19.8 Å². The first kappa shape index (κ1) is 17.7. The molecule has 4 amide bonds. The molecule has 0 bridgehead atoms. The standard InChI is InChI=1S/C22H22N4O4/c27-21-23(11-17-13-29-17)19(15-7-3-1-4-8-15)25-22(28)24(12-18-14-30-18)20(26(21)25)16-9-5-2-6-10-16/h1-10,17-20H,11-14H2/t17?,18?,19-,20+. The number of hydrogen-bond donors (Lipinski definition) is 0. The SMILES string of the molecule is O=C1N(CC2CO2)[C@H](c2ccccc2)N2C(=O)N(CC3CO3)[C@@H](c3ccccc3)N12. The molecule has 0 N–H and O–H groups in total. The molecule has 8 nitrogen and oxygen atoms in total. The van der Waals surface area contributed by atoms with Gasteiger partial charge in [-0.25, -0.2) is 19.6 Å². The van der Waals surface area contributed by atoms with Crippen LogP contribution in [0.3, 0.4) is 0 Å². The minimum atomic E-state index is -0.494. The number of carbonyl (C=O) groups is 2. The van der Waals surface area contributed by atoms with E-state index in [2.05, 4.69) is 0 Å². The maximum atomic E-state index is 13.7. The normalized spacial score (nSPS) is 29.6. The summed E-state index contributed by atoms with van der Waals surface area (Å²) >= 11 is 0. The van der Waals surface area contributed by atoms with Gasteiger partial charge in [0.1, 0.15) is 0 Å². The Hall–Kier alpha value is -3.10. The average molecular weight is 406 g/mol. The van der Waals surface area contributed by atoms with Crippen LogP contribution in [0.15, 0.2) is 60.7 Å². The van der Waals surface area contributed by atoms with Gasteiger partial charge in [0.2, 0.25) is 0 Å². The maximum Gasteiger partial charge on any atom is 0.343 e. The lowest BCUT2D eigenvalue weighted by Gasteiger charge is -2.29. The third-order valence-electron chi connectivity index (χ3n) is 5.97. The van der Waals surface area contributed by atoms with Gasteiger partial charge in [0.25, 0.3) is 0 Å². The first-order chi connectivity index (χ1) is 14.7. The Morgan fingerprint density at radius 3 is 1.37 bits per heavy atom. The molecule has 4 saturated heterocycles. The van der Waals surface area contributed by atoms with Gasteiger partial charge in [0, 0.05) is 0 Å². The molecule has 2 unspecified atom stereocenters. The Morgan fingerprint density at radius 1 is 0.667 bits per heavy atom. The second kappa shape index (κ2) is 6.72. The molecule has 4 aliphatic rings. The molecule has 154 valence electrons. The van der Waals surface area contributed by atoms with Crippen molar-refractivity contribution < 1.29 is 19.1 Å². The van der Waals surface area contributed by atoms with Gasteiger partial charge in [0.15, 0.2) is 12.3 Å². The number of amides is 4. The third-order valence-corrected chi connectivity index (χ3v) is 5.97. The first-order valence-electron chi connectivity index (χ1n) is 10.2. The van der Waals surface area contributed by atoms with Crippen LogP contribution in [0, 0.1) is 0 Å². The van der Waals surface area contributed by atoms with Crippen molar-refractivity contribution in [1.29, 1.82) is 0 Å². The molecule has 0 radical (unpaired) electrons. The summed E-state index contributed by atoms with van der Waals surface area (Å²) in [6, 6.07) is 19.1. The molecule has 2 aromatic carbocycles. The fraction of sp³-hybridized carbons (Fsp3) is 0.364. The van der Waals surface area contributed by atoms with E-state index in [0.29, 0.717) is 26.3 Å². The predicted octanol–water partition coefficient (Wildman–Crippen LogP) is 2.57. The van der Waals surface area contributed by atoms with Crippen LogP contribution in [-0.4, -0.2) is 70.4 Å². The summed E-state index contributed by atoms with van der Waals surface area (Å²) in [6.07, 6.45) is -0.927. The average Bonchev–Trinajstić information content (AvgIpc) is 3.70. The number of ether oxygens (including phenoxy) is 2. The van der Waals surface area contributed by atoms with Crippen LogP contribution in [-0.2, 0) is 9.47 Å². The molecular weight excluding hydrogens is 384 g/mol. The smallest absolute Gasteiger partial charge is 0.343 e. The molecule has 0 aliphatic carbocycles. The quantitative estimate of drug-likeness (QED) is 0.692. The van der Waals surface area contributed by atoms with Crippen LogP contribution in [0.2, 0.25) is 0 Å². The van der Waals surface area contributed by atoms with E-state index in [-0.39, 0.29) is 24.3 Å². The van der Waals surface area contributed by atoms with E-state index in [1.165, 1.54) is 0 Å². The third kappa shape index (κ3) is 2.83. The maximum absolute atomic E-state index is 13.7. The van der Waals surface area contributed by atoms with Crippen LogP contribution in [0.25, 0.3) is 0 Å². The first-order valence-corrected chi connectivity index (χ1v) is 10.2. The van der Waals surface area contributed by atoms with Crippen molar-refractivity contribution in [2.45, 2.75) is 24.5 Å². The highest BCUT2D eigenvalue weighted by molar-refractivity contribution is 5.88. The van der Waals surface area contributed by atoms with Gasteiger partial charge >= 0.3 is 12.1 Å². The molecule has 0 spiro atoms. The van der Waals surface area contributed by atoms with E-state index in [9.17, 15) is 9.59 Å². The molecule has 8 heteroatoms. The second-order valence-corrected chi connectivity index (χ2v) is 8.04. The van der Waals surface area contributed by atoms with Crippen molar-refractivity contribution in [2.75, 3.05) is 26.3 Å². The summed E-state index contributed by atoms with van der Waals surface area (Å²) in [5.74, 6) is 0. The lowest BCUT2D eigenvalue weighted by Crippen LogP contribution is -2.42. The summed E-state index contributed by atoms with van der Waals surface area (Å²) in [5.41, 5.74) is 1.80. The number of hydrazine groups is 1. The number of rotatable bonds is 6. The molecule has 30 heavy (non-hydrogen) atoms. The highest BCUT2D eigenvalue weighted by Crippen LogP contribution is 2.46. The molecule has 4 atom stereocenters. The number of carbonyl (C=O) groups excluding carboxylic acids is 2. The van der Waals surface area contributed by atoms with Crippen LogP contribution < -0.4 is 0 Å². The van der Waals surface area contributed by atoms with Crippen LogP contribution >= 0.6 is 0 Å². The summed E-state index contributed by atoms with van der Waals surface area (Å²) in [5, 5.41) is 3.22. The molecule has 0 saturated carbocycles. The van der Waals surface area contributed by atoms with Crippen LogP contribution in [0.5, 0.6) is 0 Å². The zero-order valence-electron chi connectivity index (χ0n) is 16.3. The fourth-order valence-corrected chi connectivity index (χ4v) is 4.40. The summed E-state index contributed by atoms with van der Waals surface area (Å²) in [7, 11) is 0. The Bertz CT molecular complexity index is 884. The molecular formula is C22H22N4O4. The van der Waals surface area contributed by atoms with Crippen LogP contribution in [0.4, 0.5) is 9.59 Å². The van der Waals surface area contributed by atoms with Gasteiger partial charge < -0.3 is 9.47 Å². The Labute approximate surface area is 174 Å². The number of hydrogen-bond acceptors (Lipinski definition) is 4. The number of benzene rings is 2. The topological polar surface area (TPSA) is 72.2 Å². The van der Waals surface area contributed by atoms with Crippen molar-refractivity contribution in [3.05, 3.63) is 71.8 Å². The Kier molecular flexibility index (Phi) is 3.97. The van der Waals surface area contributed by atoms with Gasteiger partial charge in [-0.15, -0.1) is 0 Å². The lowest BCUT2D eigenvalue weighted by molar-refractivity contribution is 0.0504. The van der Waals surface area contributed by atoms with Gasteiger partial charge in [0.05, 0.1) is 38.5 Å². The number of epoxide rings is 2. The minimum Gasteiger partial charge on any atom is -0.371 e. The largest absolute Gasteiger partial charge is 0.371 e. The highest BCUT2D eigenvalue weighted by Gasteiger charge is 2.59. The van der Waals surface area contributed by atoms with Crippen molar-refractivity contribution in [1.82, 2.24) is 19.8 Å². The van der Waals surface area contributed by atoms with Crippen molar-refractivity contribution in [2.24, 2.45) is 0 Å². The second-order valence-electron chi connectivity index (χ2n) is 8.04. The molecule has 4 heterocycles. The van der Waals surface area contributed by atoms with Gasteiger partial charge in [-0.2, -0.15) is 0 Å². The summed E-state index contributed by atoms with van der Waals surface area (Å²) in [6.45, 7) is 2.22.